The first-order valence-electron chi connectivity index (χ1n) is 9.31. The van der Waals surface area contributed by atoms with E-state index < -0.39 is 0 Å². The van der Waals surface area contributed by atoms with Crippen LogP contribution >= 0.6 is 0 Å². The van der Waals surface area contributed by atoms with Gasteiger partial charge >= 0.3 is 0 Å². The number of ether oxygens (including phenoxy) is 1. The van der Waals surface area contributed by atoms with Crippen LogP contribution in [-0.2, 0) is 0 Å². The van der Waals surface area contributed by atoms with E-state index in [4.69, 9.17) is 4.74 Å². The van der Waals surface area contributed by atoms with Crippen LogP contribution in [0.3, 0.4) is 0 Å². The van der Waals surface area contributed by atoms with Crippen LogP contribution in [0.2, 0.25) is 0 Å². The summed E-state index contributed by atoms with van der Waals surface area (Å²) in [5.41, 5.74) is 1.04. The van der Waals surface area contributed by atoms with Crippen LogP contribution in [0.1, 0.15) is 23.3 Å². The topological polar surface area (TPSA) is 67.3 Å². The molecule has 1 N–H and O–H groups in total. The minimum atomic E-state index is -0.251. The average Bonchev–Trinajstić information content (AvgIpc) is 2.65. The van der Waals surface area contributed by atoms with Crippen molar-refractivity contribution in [1.29, 1.82) is 0 Å². The quantitative estimate of drug-likeness (QED) is 0.917. The van der Waals surface area contributed by atoms with Gasteiger partial charge in [-0.1, -0.05) is 0 Å². The monoisotopic (exact) mass is 350 g/mol. The summed E-state index contributed by atoms with van der Waals surface area (Å²) >= 11 is 0. The molecular formula is C20H22N4O2. The van der Waals surface area contributed by atoms with Crippen molar-refractivity contribution in [2.24, 2.45) is 17.8 Å². The van der Waals surface area contributed by atoms with Crippen molar-refractivity contribution in [3.8, 4) is 5.75 Å². The number of nitrogens with one attached hydrogen (secondary N) is 1. The van der Waals surface area contributed by atoms with Gasteiger partial charge in [0.25, 0.3) is 5.91 Å². The number of rotatable bonds is 4. The maximum Gasteiger partial charge on any atom is 0.278 e. The summed E-state index contributed by atoms with van der Waals surface area (Å²) in [6.07, 6.45) is 7.62. The lowest BCUT2D eigenvalue weighted by atomic mass is 9.66. The molecule has 2 aromatic heterocycles. The normalized spacial score (nSPS) is 31.6. The largest absolute Gasteiger partial charge is 0.487 e. The van der Waals surface area contributed by atoms with Crippen LogP contribution in [0.25, 0.3) is 0 Å². The number of amides is 1. The molecule has 1 saturated carbocycles. The predicted molar refractivity (Wildman–Crippen MR) is 97.0 cm³/mol. The van der Waals surface area contributed by atoms with Gasteiger partial charge in [-0.25, -0.2) is 4.98 Å². The number of pyridine rings is 2. The van der Waals surface area contributed by atoms with Gasteiger partial charge in [0, 0.05) is 55.7 Å². The highest BCUT2D eigenvalue weighted by Crippen LogP contribution is 2.45. The number of carbonyl (C=O) groups is 1. The highest BCUT2D eigenvalue weighted by atomic mass is 16.5. The molecule has 0 aromatic carbocycles. The molecule has 4 bridgehead atoms. The first-order valence-corrected chi connectivity index (χ1v) is 9.31. The highest BCUT2D eigenvalue weighted by Gasteiger charge is 2.48. The lowest BCUT2D eigenvalue weighted by Crippen LogP contribution is -2.61. The molecule has 5 heterocycles. The fourth-order valence-corrected chi connectivity index (χ4v) is 4.98. The summed E-state index contributed by atoms with van der Waals surface area (Å²) in [7, 11) is 0. The molecule has 3 saturated heterocycles. The average molecular weight is 350 g/mol. The van der Waals surface area contributed by atoms with Crippen molar-refractivity contribution >= 4 is 11.6 Å². The van der Waals surface area contributed by atoms with Crippen molar-refractivity contribution in [2.75, 3.05) is 25.0 Å². The number of aromatic nitrogens is 2. The van der Waals surface area contributed by atoms with Gasteiger partial charge in [-0.05, 0) is 43.0 Å². The number of hydrogen-bond donors (Lipinski definition) is 1. The standard InChI is InChI=1S/C20H22N4O2/c25-20(23-16-3-6-21-7-4-16)18-17(2-1-5-22-18)26-19-14-8-13-9-15(19)12-24(10-13)11-14/h1-7,13-15,19H,8-12H2,(H,21,23,25)/t13?,14-,15-,19?/m0/s1. The second-order valence-electron chi connectivity index (χ2n) is 7.70. The molecule has 0 radical (unpaired) electrons. The lowest BCUT2D eigenvalue weighted by molar-refractivity contribution is -0.0986. The van der Waals surface area contributed by atoms with Crippen LogP contribution in [0.4, 0.5) is 5.69 Å². The lowest BCUT2D eigenvalue weighted by Gasteiger charge is -2.55. The van der Waals surface area contributed by atoms with Crippen molar-refractivity contribution in [2.45, 2.75) is 18.9 Å². The molecule has 1 aliphatic carbocycles. The Labute approximate surface area is 152 Å². The van der Waals surface area contributed by atoms with Gasteiger partial charge in [-0.15, -0.1) is 0 Å². The third-order valence-electron chi connectivity index (χ3n) is 5.89. The summed E-state index contributed by atoms with van der Waals surface area (Å²) in [6, 6.07) is 7.21. The molecule has 6 nitrogen and oxygen atoms in total. The van der Waals surface area contributed by atoms with Crippen molar-refractivity contribution in [3.05, 3.63) is 48.5 Å². The van der Waals surface area contributed by atoms with E-state index in [-0.39, 0.29) is 12.0 Å². The van der Waals surface area contributed by atoms with Gasteiger partial charge in [-0.3, -0.25) is 9.78 Å². The Morgan fingerprint density at radius 3 is 2.58 bits per heavy atom. The number of carbonyl (C=O) groups excluding carboxylic acids is 1. The SMILES string of the molecule is O=C(Nc1ccncc1)c1ncccc1OC1[C@H]2CC3C[C@H]1CN(C3)C2. The molecule has 3 aliphatic heterocycles. The molecule has 26 heavy (non-hydrogen) atoms. The maximum atomic E-state index is 12.7. The Bertz CT molecular complexity index is 782. The number of anilines is 1. The molecule has 0 unspecified atom stereocenters. The Hall–Kier alpha value is -2.47. The van der Waals surface area contributed by atoms with Crippen LogP contribution in [0.5, 0.6) is 5.75 Å². The molecule has 6 rings (SSSR count). The summed E-state index contributed by atoms with van der Waals surface area (Å²) < 4.78 is 6.42. The highest BCUT2D eigenvalue weighted by molar-refractivity contribution is 6.04. The molecule has 2 aromatic rings. The summed E-state index contributed by atoms with van der Waals surface area (Å²) in [5.74, 6) is 2.30. The summed E-state index contributed by atoms with van der Waals surface area (Å²) in [4.78, 5) is 23.5. The van der Waals surface area contributed by atoms with Crippen LogP contribution in [-0.4, -0.2) is 46.5 Å². The molecule has 2 atom stereocenters. The van der Waals surface area contributed by atoms with E-state index in [0.29, 0.717) is 29.0 Å². The zero-order valence-corrected chi connectivity index (χ0v) is 14.5. The molecule has 4 aliphatic rings. The molecule has 1 amide bonds. The van der Waals surface area contributed by atoms with E-state index in [0.717, 1.165) is 19.0 Å². The third kappa shape index (κ3) is 2.84. The Morgan fingerprint density at radius 2 is 1.85 bits per heavy atom. The molecular weight excluding hydrogens is 328 g/mol. The second-order valence-corrected chi connectivity index (χ2v) is 7.70. The summed E-state index contributed by atoms with van der Waals surface area (Å²) in [6.45, 7) is 3.50. The van der Waals surface area contributed by atoms with Gasteiger partial charge in [0.2, 0.25) is 0 Å². The first-order chi connectivity index (χ1) is 12.8. The van der Waals surface area contributed by atoms with Crippen molar-refractivity contribution in [1.82, 2.24) is 14.9 Å². The van der Waals surface area contributed by atoms with E-state index in [9.17, 15) is 4.79 Å². The minimum Gasteiger partial charge on any atom is -0.487 e. The minimum absolute atomic E-state index is 0.194. The molecule has 0 spiro atoms. The van der Waals surface area contributed by atoms with Crippen LogP contribution < -0.4 is 10.1 Å². The zero-order valence-electron chi connectivity index (χ0n) is 14.5. The third-order valence-corrected chi connectivity index (χ3v) is 5.89. The number of piperidine rings is 3. The van der Waals surface area contributed by atoms with E-state index in [1.807, 2.05) is 12.1 Å². The van der Waals surface area contributed by atoms with E-state index >= 15 is 0 Å². The Morgan fingerprint density at radius 1 is 1.08 bits per heavy atom. The van der Waals surface area contributed by atoms with Gasteiger partial charge in [0.1, 0.15) is 6.10 Å². The van der Waals surface area contributed by atoms with Gasteiger partial charge in [0.05, 0.1) is 0 Å². The van der Waals surface area contributed by atoms with E-state index in [1.165, 1.54) is 19.4 Å². The maximum absolute atomic E-state index is 12.7. The fraction of sp³-hybridized carbons (Fsp3) is 0.450. The van der Waals surface area contributed by atoms with E-state index in [1.54, 1.807) is 30.7 Å². The first kappa shape index (κ1) is 15.8. The molecule has 4 fully saturated rings. The van der Waals surface area contributed by atoms with Crippen LogP contribution in [0, 0.1) is 17.8 Å². The number of nitrogens with zero attached hydrogens (tertiary/aromatic N) is 3. The Balaban J connectivity index is 1.36. The smallest absolute Gasteiger partial charge is 0.278 e. The van der Waals surface area contributed by atoms with Gasteiger partial charge in [0.15, 0.2) is 11.4 Å². The van der Waals surface area contributed by atoms with Crippen molar-refractivity contribution < 1.29 is 9.53 Å². The fourth-order valence-electron chi connectivity index (χ4n) is 4.98. The number of hydrogen-bond acceptors (Lipinski definition) is 5. The van der Waals surface area contributed by atoms with Crippen molar-refractivity contribution in [3.63, 3.8) is 0 Å². The van der Waals surface area contributed by atoms with Gasteiger partial charge in [-0.2, -0.15) is 0 Å². The second kappa shape index (κ2) is 6.36. The van der Waals surface area contributed by atoms with Crippen LogP contribution in [0.15, 0.2) is 42.9 Å². The van der Waals surface area contributed by atoms with E-state index in [2.05, 4.69) is 20.2 Å². The molecule has 134 valence electrons. The zero-order chi connectivity index (χ0) is 17.5. The Kier molecular flexibility index (Phi) is 3.85. The van der Waals surface area contributed by atoms with Gasteiger partial charge < -0.3 is 15.0 Å². The molecule has 6 heteroatoms. The summed E-state index contributed by atoms with van der Waals surface area (Å²) in [5, 5.41) is 2.87. The predicted octanol–water partition coefficient (Wildman–Crippen LogP) is 2.45.